The largest absolute Gasteiger partial charge is 0.481 e. The van der Waals surface area contributed by atoms with E-state index >= 15 is 0 Å². The van der Waals surface area contributed by atoms with Gasteiger partial charge in [0.2, 0.25) is 0 Å². The first-order valence-corrected chi connectivity index (χ1v) is 7.59. The number of carboxylic acids is 1. The number of hydroxylamine groups is 2. The van der Waals surface area contributed by atoms with Crippen molar-refractivity contribution in [2.75, 3.05) is 33.0 Å². The van der Waals surface area contributed by atoms with Gasteiger partial charge in [0.1, 0.15) is 0 Å². The van der Waals surface area contributed by atoms with Gasteiger partial charge >= 0.3 is 5.97 Å². The van der Waals surface area contributed by atoms with E-state index in [-0.39, 0.29) is 26.4 Å². The number of aliphatic carboxylic acids is 1. The molecule has 0 heterocycles. The molecule has 0 unspecified atom stereocenters. The third-order valence-corrected chi connectivity index (χ3v) is 2.34. The minimum atomic E-state index is -0.682. The predicted molar refractivity (Wildman–Crippen MR) is 79.5 cm³/mol. The van der Waals surface area contributed by atoms with Crippen molar-refractivity contribution in [3.8, 4) is 0 Å². The minimum Gasteiger partial charge on any atom is -0.481 e. The van der Waals surface area contributed by atoms with Gasteiger partial charge in [-0.15, -0.1) is 0 Å². The maximum atomic E-state index is 9.87. The van der Waals surface area contributed by atoms with Gasteiger partial charge in [-0.1, -0.05) is 38.3 Å². The van der Waals surface area contributed by atoms with Gasteiger partial charge in [-0.25, -0.2) is 0 Å². The summed E-state index contributed by atoms with van der Waals surface area (Å²) in [5.74, 6) is -0.682. The van der Waals surface area contributed by atoms with E-state index in [1.54, 1.807) is 0 Å². The highest BCUT2D eigenvalue weighted by Gasteiger charge is 2.04. The molecule has 0 aromatic heterocycles. The lowest BCUT2D eigenvalue weighted by atomic mass is 10.2. The Balaban J connectivity index is 0. The number of aliphatic hydroxyl groups excluding tert-OH is 2. The molecule has 21 heavy (non-hydrogen) atoms. The Morgan fingerprint density at radius 2 is 1.48 bits per heavy atom. The fourth-order valence-corrected chi connectivity index (χ4v) is 1.27. The molecule has 0 rings (SSSR count). The van der Waals surface area contributed by atoms with E-state index in [0.717, 1.165) is 32.1 Å². The average molecular weight is 309 g/mol. The van der Waals surface area contributed by atoms with E-state index in [4.69, 9.17) is 25.0 Å². The number of aliphatic hydroxyl groups is 2. The third-order valence-electron chi connectivity index (χ3n) is 2.34. The summed E-state index contributed by atoms with van der Waals surface area (Å²) < 4.78 is 0. The van der Waals surface area contributed by atoms with Crippen LogP contribution < -0.4 is 0 Å². The fourth-order valence-electron chi connectivity index (χ4n) is 1.27. The van der Waals surface area contributed by atoms with E-state index < -0.39 is 5.97 Å². The van der Waals surface area contributed by atoms with Crippen molar-refractivity contribution in [2.45, 2.75) is 52.4 Å². The molecule has 0 saturated carbocycles. The first-order chi connectivity index (χ1) is 10.1. The van der Waals surface area contributed by atoms with E-state index in [0.29, 0.717) is 13.0 Å². The second-order valence-corrected chi connectivity index (χ2v) is 4.37. The van der Waals surface area contributed by atoms with Crippen LogP contribution in [0.2, 0.25) is 0 Å². The summed E-state index contributed by atoms with van der Waals surface area (Å²) >= 11 is 0. The Hall–Kier alpha value is -0.730. The van der Waals surface area contributed by atoms with Crippen LogP contribution in [-0.2, 0) is 14.5 Å². The van der Waals surface area contributed by atoms with Crippen LogP contribution in [0.1, 0.15) is 52.4 Å². The number of carbonyl (C=O) groups is 1. The summed E-state index contributed by atoms with van der Waals surface area (Å²) in [6, 6.07) is 0. The maximum Gasteiger partial charge on any atom is 0.303 e. The zero-order chi connectivity index (χ0) is 16.3. The molecule has 0 aliphatic heterocycles. The molecule has 0 bridgehead atoms. The lowest BCUT2D eigenvalue weighted by Gasteiger charge is -2.19. The van der Waals surface area contributed by atoms with Gasteiger partial charge in [-0.2, -0.15) is 0 Å². The molecule has 0 aliphatic rings. The van der Waals surface area contributed by atoms with Gasteiger partial charge in [0.15, 0.2) is 0 Å². The first-order valence-electron chi connectivity index (χ1n) is 7.59. The quantitative estimate of drug-likeness (QED) is 0.351. The fraction of sp³-hybridized carbons (Fsp3) is 0.929. The summed E-state index contributed by atoms with van der Waals surface area (Å²) in [6.07, 6.45) is 5.28. The predicted octanol–water partition coefficient (Wildman–Crippen LogP) is 1.59. The van der Waals surface area contributed by atoms with Gasteiger partial charge in [0.25, 0.3) is 0 Å². The van der Waals surface area contributed by atoms with Crippen LogP contribution >= 0.6 is 0 Å². The van der Waals surface area contributed by atoms with Crippen LogP contribution in [-0.4, -0.2) is 59.5 Å². The zero-order valence-electron chi connectivity index (χ0n) is 13.3. The van der Waals surface area contributed by atoms with Crippen molar-refractivity contribution in [1.29, 1.82) is 0 Å². The van der Waals surface area contributed by atoms with Crippen LogP contribution in [0.5, 0.6) is 0 Å². The monoisotopic (exact) mass is 309 g/mol. The van der Waals surface area contributed by atoms with E-state index in [1.807, 2.05) is 0 Å². The maximum absolute atomic E-state index is 9.87. The van der Waals surface area contributed by atoms with Crippen LogP contribution in [0.25, 0.3) is 0 Å². The standard InChI is InChI=1S/C8H19NO4.C6H12O2/c1-2-3-4-9(12-7-5-10)13-8-6-11;1-2-3-4-5-6(7)8/h10-11H,2-8H2,1H3;2-5H2,1H3,(H,7,8). The number of hydrogen-bond donors (Lipinski definition) is 3. The third kappa shape index (κ3) is 21.7. The smallest absolute Gasteiger partial charge is 0.303 e. The summed E-state index contributed by atoms with van der Waals surface area (Å²) in [5, 5.41) is 26.5. The molecule has 0 atom stereocenters. The molecule has 7 heteroatoms. The lowest BCUT2D eigenvalue weighted by Crippen LogP contribution is -2.28. The molecule has 0 aliphatic carbocycles. The highest BCUT2D eigenvalue weighted by atomic mass is 16.9. The topological polar surface area (TPSA) is 99.5 Å². The van der Waals surface area contributed by atoms with Crippen LogP contribution in [0, 0.1) is 0 Å². The van der Waals surface area contributed by atoms with Gasteiger partial charge < -0.3 is 15.3 Å². The van der Waals surface area contributed by atoms with E-state index in [2.05, 4.69) is 13.8 Å². The van der Waals surface area contributed by atoms with Gasteiger partial charge in [0.05, 0.1) is 33.0 Å². The number of rotatable bonds is 13. The van der Waals surface area contributed by atoms with Gasteiger partial charge in [-0.3, -0.25) is 14.5 Å². The van der Waals surface area contributed by atoms with Crippen molar-refractivity contribution in [1.82, 2.24) is 5.23 Å². The molecule has 7 nitrogen and oxygen atoms in total. The molecular weight excluding hydrogens is 278 g/mol. The number of nitrogens with zero attached hydrogens (tertiary/aromatic N) is 1. The second kappa shape index (κ2) is 19.3. The molecule has 0 aromatic rings. The van der Waals surface area contributed by atoms with Crippen molar-refractivity contribution >= 4 is 5.97 Å². The average Bonchev–Trinajstić information content (AvgIpc) is 2.47. The molecule has 0 aromatic carbocycles. The molecule has 0 amide bonds. The summed E-state index contributed by atoms with van der Waals surface area (Å²) in [4.78, 5) is 20.0. The van der Waals surface area contributed by atoms with Crippen LogP contribution in [0.3, 0.4) is 0 Å². The Labute approximate surface area is 127 Å². The molecule has 3 N–H and O–H groups in total. The van der Waals surface area contributed by atoms with Crippen molar-refractivity contribution < 1.29 is 29.8 Å². The van der Waals surface area contributed by atoms with Gasteiger partial charge in [0, 0.05) is 6.42 Å². The van der Waals surface area contributed by atoms with Crippen molar-refractivity contribution in [3.05, 3.63) is 0 Å². The summed E-state index contributed by atoms with van der Waals surface area (Å²) in [7, 11) is 0. The van der Waals surface area contributed by atoms with Gasteiger partial charge in [-0.05, 0) is 12.8 Å². The van der Waals surface area contributed by atoms with Crippen LogP contribution in [0.15, 0.2) is 0 Å². The minimum absolute atomic E-state index is 0.0366. The molecular formula is C14H31NO6. The lowest BCUT2D eigenvalue weighted by molar-refractivity contribution is -0.371. The van der Waals surface area contributed by atoms with Crippen molar-refractivity contribution in [2.24, 2.45) is 0 Å². The first kappa shape index (κ1) is 22.5. The zero-order valence-corrected chi connectivity index (χ0v) is 13.3. The molecule has 0 radical (unpaired) electrons. The summed E-state index contributed by atoms with van der Waals surface area (Å²) in [6.45, 7) is 5.13. The highest BCUT2D eigenvalue weighted by Crippen LogP contribution is 1.97. The Kier molecular flexibility index (Phi) is 20.7. The van der Waals surface area contributed by atoms with E-state index in [9.17, 15) is 4.79 Å². The Morgan fingerprint density at radius 3 is 1.86 bits per heavy atom. The SMILES string of the molecule is CCCCCC(=O)O.CCCCN(OCCO)OCCO. The Bertz CT molecular complexity index is 197. The number of unbranched alkanes of at least 4 members (excludes halogenated alkanes) is 3. The number of hydrogen-bond acceptors (Lipinski definition) is 6. The molecule has 0 fully saturated rings. The summed E-state index contributed by atoms with van der Waals surface area (Å²) in [5.41, 5.74) is 0. The molecule has 0 spiro atoms. The van der Waals surface area contributed by atoms with E-state index in [1.165, 1.54) is 5.23 Å². The highest BCUT2D eigenvalue weighted by molar-refractivity contribution is 5.66. The second-order valence-electron chi connectivity index (χ2n) is 4.37. The molecule has 128 valence electrons. The molecule has 0 saturated heterocycles. The number of carboxylic acid groups (broad SMARTS) is 1. The van der Waals surface area contributed by atoms with Crippen molar-refractivity contribution in [3.63, 3.8) is 0 Å². The van der Waals surface area contributed by atoms with Crippen LogP contribution in [0.4, 0.5) is 0 Å². The Morgan fingerprint density at radius 1 is 0.952 bits per heavy atom. The normalized spacial score (nSPS) is 10.3.